The summed E-state index contributed by atoms with van der Waals surface area (Å²) in [4.78, 5) is 0. The van der Waals surface area contributed by atoms with Crippen molar-refractivity contribution in [2.45, 2.75) is 6.92 Å². The Hall–Kier alpha value is 1.13. The molecule has 3 heteroatoms. The van der Waals surface area contributed by atoms with Gasteiger partial charge in [0.05, 0.1) is 0 Å². The molecule has 0 spiro atoms. The Morgan fingerprint density at radius 3 is 0.889 bits per heavy atom. The maximum absolute atomic E-state index is 6.21. The predicted molar refractivity (Wildman–Crippen MR) is 40.5 cm³/mol. The molecule has 0 aromatic rings. The predicted octanol–water partition coefficient (Wildman–Crippen LogP) is 2.85. The van der Waals surface area contributed by atoms with Gasteiger partial charge in [-0.05, 0) is 0 Å². The van der Waals surface area contributed by atoms with Crippen LogP contribution >= 0.6 is 0 Å². The molecule has 0 aromatic carbocycles. The van der Waals surface area contributed by atoms with Crippen LogP contribution in [-0.2, 0) is 37.1 Å². The number of hydrogen-bond acceptors (Lipinski definition) is 0. The molecule has 62 valence electrons. The van der Waals surface area contributed by atoms with Crippen LogP contribution in [0.1, 0.15) is 6.92 Å². The van der Waals surface area contributed by atoms with E-state index in [1.807, 2.05) is 0 Å². The van der Waals surface area contributed by atoms with Gasteiger partial charge < -0.3 is 35.4 Å². The van der Waals surface area contributed by atoms with Crippen molar-refractivity contribution in [3.05, 3.63) is 35.4 Å². The van der Waals surface area contributed by atoms with Gasteiger partial charge in [0.25, 0.3) is 0 Å². The maximum Gasteiger partial charge on any atom is 0 e. The van der Waals surface area contributed by atoms with Crippen LogP contribution in [0.2, 0.25) is 0 Å². The van der Waals surface area contributed by atoms with Crippen LogP contribution in [0.25, 0.3) is 5.73 Å². The van der Waals surface area contributed by atoms with Crippen LogP contribution in [0.15, 0.2) is 0 Å². The largest absolute Gasteiger partial charge is 0.678 e. The van der Waals surface area contributed by atoms with Gasteiger partial charge in [-0.3, -0.25) is 0 Å². The molecule has 0 unspecified atom stereocenters. The summed E-state index contributed by atoms with van der Waals surface area (Å²) < 4.78 is 0. The molecule has 0 bridgehead atoms. The fraction of sp³-hybridized carbons (Fsp3) is 0.333. The maximum atomic E-state index is 6.21. The van der Waals surface area contributed by atoms with E-state index in [4.69, 9.17) is 5.73 Å². The third kappa shape index (κ3) is 364. The molecule has 0 amide bonds. The molecule has 0 saturated carbocycles. The fourth-order valence-electron chi connectivity index (χ4n) is 0. The molecule has 0 aromatic heterocycles. The monoisotopic (exact) mass is 206 g/mol. The first-order valence-electron chi connectivity index (χ1n) is 1.06. The van der Waals surface area contributed by atoms with E-state index in [-0.39, 0.29) is 66.8 Å². The molecule has 0 aliphatic rings. The van der Waals surface area contributed by atoms with Crippen molar-refractivity contribution in [2.75, 3.05) is 6.54 Å². The molecule has 2 radical (unpaired) electrons. The molecule has 1 N–H and O–H groups in total. The Bertz CT molecular complexity index is 11.0. The minimum absolute atomic E-state index is 0. The van der Waals surface area contributed by atoms with Crippen LogP contribution in [0.4, 0.5) is 0 Å². The van der Waals surface area contributed by atoms with Crippen molar-refractivity contribution in [2.24, 2.45) is 0 Å². The van der Waals surface area contributed by atoms with Crippen LogP contribution in [0, 0.1) is 29.7 Å². The van der Waals surface area contributed by atoms with Gasteiger partial charge in [0, 0.05) is 37.1 Å². The quantitative estimate of drug-likeness (QED) is 0.544. The van der Waals surface area contributed by atoms with Crippen LogP contribution in [0.5, 0.6) is 0 Å². The Morgan fingerprint density at radius 1 is 0.889 bits per heavy atom. The van der Waals surface area contributed by atoms with E-state index in [2.05, 4.69) is 0 Å². The molecular weight excluding hydrogens is 188 g/mol. The molecule has 1 nitrogen and oxygen atoms in total. The molecule has 0 heterocycles. The second-order valence-electron chi connectivity index (χ2n) is 0.354. The zero-order chi connectivity index (χ0) is 2.71. The van der Waals surface area contributed by atoms with E-state index < -0.39 is 0 Å². The minimum Gasteiger partial charge on any atom is -0.678 e. The zero-order valence-corrected chi connectivity index (χ0v) is 9.89. The van der Waals surface area contributed by atoms with Crippen LogP contribution < -0.4 is 0 Å². The summed E-state index contributed by atoms with van der Waals surface area (Å²) in [6.07, 6.45) is 0. The standard InChI is InChI=1S/C2H6N.4CH3.2V/c1-2-3;;;;;;/h3H,2H2,1H3;4*1H3;;/q5*-1;;. The van der Waals surface area contributed by atoms with E-state index in [1.165, 1.54) is 0 Å². The van der Waals surface area contributed by atoms with Gasteiger partial charge in [-0.15, -0.1) is 0 Å². The first-order valence-corrected chi connectivity index (χ1v) is 1.06. The summed E-state index contributed by atoms with van der Waals surface area (Å²) in [6.45, 7) is 2.29. The molecule has 0 saturated heterocycles. The van der Waals surface area contributed by atoms with Crippen LogP contribution in [-0.4, -0.2) is 6.54 Å². The smallest absolute Gasteiger partial charge is 0 e. The summed E-state index contributed by atoms with van der Waals surface area (Å²) in [7, 11) is 0. The summed E-state index contributed by atoms with van der Waals surface area (Å²) in [5.74, 6) is 0. The molecule has 0 aliphatic heterocycles. The van der Waals surface area contributed by atoms with Crippen molar-refractivity contribution < 1.29 is 37.1 Å². The van der Waals surface area contributed by atoms with E-state index in [0.717, 1.165) is 0 Å². The summed E-state index contributed by atoms with van der Waals surface area (Å²) in [5.41, 5.74) is 6.21. The van der Waals surface area contributed by atoms with Gasteiger partial charge in [0.1, 0.15) is 0 Å². The number of hydrogen-bond donors (Lipinski definition) is 0. The summed E-state index contributed by atoms with van der Waals surface area (Å²) in [6, 6.07) is 0. The average Bonchev–Trinajstić information content (AvgIpc) is 0.918. The van der Waals surface area contributed by atoms with Crippen molar-refractivity contribution in [1.82, 2.24) is 0 Å². The molecular formula is C6H18NV2-5. The van der Waals surface area contributed by atoms with Gasteiger partial charge in [0.15, 0.2) is 0 Å². The zero-order valence-electron chi connectivity index (χ0n) is 7.10. The van der Waals surface area contributed by atoms with Crippen molar-refractivity contribution in [3.8, 4) is 0 Å². The average molecular weight is 206 g/mol. The van der Waals surface area contributed by atoms with Gasteiger partial charge in [-0.25, -0.2) is 0 Å². The van der Waals surface area contributed by atoms with Crippen molar-refractivity contribution >= 4 is 0 Å². The van der Waals surface area contributed by atoms with E-state index in [0.29, 0.717) is 6.54 Å². The third-order valence-electron chi connectivity index (χ3n) is 0. The molecule has 9 heavy (non-hydrogen) atoms. The third-order valence-corrected chi connectivity index (χ3v) is 0. The molecule has 0 rings (SSSR count). The summed E-state index contributed by atoms with van der Waals surface area (Å²) >= 11 is 0. The van der Waals surface area contributed by atoms with Crippen LogP contribution in [0.3, 0.4) is 0 Å². The minimum atomic E-state index is 0. The van der Waals surface area contributed by atoms with Crippen molar-refractivity contribution in [3.63, 3.8) is 0 Å². The van der Waals surface area contributed by atoms with Gasteiger partial charge in [-0.2, -0.15) is 6.54 Å². The molecule has 0 fully saturated rings. The molecule has 0 aliphatic carbocycles. The Morgan fingerprint density at radius 2 is 0.889 bits per heavy atom. The first-order chi connectivity index (χ1) is 1.41. The number of nitrogens with one attached hydrogen (secondary N) is 1. The van der Waals surface area contributed by atoms with Gasteiger partial charge in [-0.1, -0.05) is 6.92 Å². The second-order valence-corrected chi connectivity index (χ2v) is 0.354. The fourth-order valence-corrected chi connectivity index (χ4v) is 0. The van der Waals surface area contributed by atoms with E-state index in [9.17, 15) is 0 Å². The van der Waals surface area contributed by atoms with Gasteiger partial charge in [0.2, 0.25) is 0 Å². The topological polar surface area (TPSA) is 23.8 Å². The van der Waals surface area contributed by atoms with Crippen molar-refractivity contribution in [1.29, 1.82) is 0 Å². The Balaban J connectivity index is -0.00000000133. The van der Waals surface area contributed by atoms with Gasteiger partial charge >= 0.3 is 0 Å². The summed E-state index contributed by atoms with van der Waals surface area (Å²) in [5, 5.41) is 0. The Labute approximate surface area is 85.9 Å². The SMILES string of the molecule is CC[NH-].[CH3-].[CH3-].[CH3-].[CH3-].[V].[V]. The molecule has 0 atom stereocenters. The normalized spacial score (nSPS) is 2.00. The Kier molecular flexibility index (Phi) is 1280. The number of rotatable bonds is 0. The van der Waals surface area contributed by atoms with E-state index in [1.54, 1.807) is 6.92 Å². The second kappa shape index (κ2) is 133. The van der Waals surface area contributed by atoms with E-state index >= 15 is 0 Å². The first kappa shape index (κ1) is 86.2.